The Bertz CT molecular complexity index is 1250. The van der Waals surface area contributed by atoms with Crippen LogP contribution in [-0.2, 0) is 10.0 Å². The van der Waals surface area contributed by atoms with Gasteiger partial charge in [-0.3, -0.25) is 9.20 Å². The van der Waals surface area contributed by atoms with Gasteiger partial charge in [0.25, 0.3) is 5.91 Å². The maximum atomic E-state index is 12.5. The number of nitrogens with one attached hydrogen (secondary N) is 2. The van der Waals surface area contributed by atoms with Crippen LogP contribution in [0.25, 0.3) is 16.2 Å². The molecule has 0 aliphatic carbocycles. The highest BCUT2D eigenvalue weighted by Gasteiger charge is 2.15. The fourth-order valence-corrected chi connectivity index (χ4v) is 4.66. The largest absolute Gasteiger partial charge is 0.322 e. The minimum absolute atomic E-state index is 0.0575. The number of amides is 1. The van der Waals surface area contributed by atoms with Crippen molar-refractivity contribution in [1.82, 2.24) is 14.1 Å². The predicted molar refractivity (Wildman–Crippen MR) is 114 cm³/mol. The molecular weight excluding hydrogens is 408 g/mol. The molecule has 0 radical (unpaired) electrons. The van der Waals surface area contributed by atoms with E-state index in [0.29, 0.717) is 5.69 Å². The van der Waals surface area contributed by atoms with E-state index in [1.54, 1.807) is 42.5 Å². The van der Waals surface area contributed by atoms with Crippen LogP contribution in [0.3, 0.4) is 0 Å². The first kappa shape index (κ1) is 19.3. The Morgan fingerprint density at radius 3 is 2.69 bits per heavy atom. The predicted octanol–water partition coefficient (Wildman–Crippen LogP) is 3.61. The number of thiazole rings is 1. The summed E-state index contributed by atoms with van der Waals surface area (Å²) in [6, 6.07) is 13.3. The van der Waals surface area contributed by atoms with Gasteiger partial charge in [0, 0.05) is 41.1 Å². The summed E-state index contributed by atoms with van der Waals surface area (Å²) in [5, 5.41) is 4.77. The molecule has 2 heterocycles. The minimum Gasteiger partial charge on any atom is -0.322 e. The molecule has 0 unspecified atom stereocenters. The molecule has 0 atom stereocenters. The van der Waals surface area contributed by atoms with Crippen molar-refractivity contribution in [3.8, 4) is 11.3 Å². The molecule has 0 saturated heterocycles. The molecule has 29 heavy (non-hydrogen) atoms. The quantitative estimate of drug-likeness (QED) is 0.493. The van der Waals surface area contributed by atoms with Crippen molar-refractivity contribution >= 4 is 37.9 Å². The Hall–Kier alpha value is -3.01. The highest BCUT2D eigenvalue weighted by molar-refractivity contribution is 7.89. The minimum atomic E-state index is -3.62. The number of carbonyl (C=O) groups is 1. The summed E-state index contributed by atoms with van der Waals surface area (Å²) in [6.07, 6.45) is 3.91. The first-order chi connectivity index (χ1) is 14.0. The van der Waals surface area contributed by atoms with Crippen molar-refractivity contribution < 1.29 is 13.2 Å². The van der Waals surface area contributed by atoms with Gasteiger partial charge >= 0.3 is 0 Å². The smallest absolute Gasteiger partial charge is 0.255 e. The lowest BCUT2D eigenvalue weighted by Crippen LogP contribution is -2.23. The number of nitrogens with zero attached hydrogens (tertiary/aromatic N) is 2. The van der Waals surface area contributed by atoms with Gasteiger partial charge in [0.1, 0.15) is 0 Å². The summed E-state index contributed by atoms with van der Waals surface area (Å²) in [5.74, 6) is -0.381. The van der Waals surface area contributed by atoms with Gasteiger partial charge in [0.15, 0.2) is 4.96 Å². The lowest BCUT2D eigenvalue weighted by molar-refractivity contribution is 0.102. The van der Waals surface area contributed by atoms with Crippen molar-refractivity contribution in [2.24, 2.45) is 0 Å². The van der Waals surface area contributed by atoms with Crippen LogP contribution in [-0.4, -0.2) is 30.3 Å². The Morgan fingerprint density at radius 1 is 1.17 bits per heavy atom. The summed E-state index contributed by atoms with van der Waals surface area (Å²) in [6.45, 7) is 1.98. The van der Waals surface area contributed by atoms with E-state index in [0.717, 1.165) is 16.2 Å². The van der Waals surface area contributed by atoms with Crippen LogP contribution in [0.1, 0.15) is 17.3 Å². The fourth-order valence-electron chi connectivity index (χ4n) is 2.87. The summed E-state index contributed by atoms with van der Waals surface area (Å²) in [4.78, 5) is 18.1. The van der Waals surface area contributed by atoms with E-state index in [2.05, 4.69) is 15.0 Å². The normalized spacial score (nSPS) is 11.6. The van der Waals surface area contributed by atoms with Crippen LogP contribution in [0.5, 0.6) is 0 Å². The SMILES string of the molecule is CCNS(=O)(=O)c1cccc(C(=O)Nc2ccc(-c3cn4ccsc4n3)cc2)c1. The molecule has 148 valence electrons. The molecule has 2 aromatic heterocycles. The topological polar surface area (TPSA) is 92.6 Å². The molecule has 9 heteroatoms. The molecule has 0 aliphatic rings. The van der Waals surface area contributed by atoms with Gasteiger partial charge in [0.2, 0.25) is 10.0 Å². The molecule has 7 nitrogen and oxygen atoms in total. The van der Waals surface area contributed by atoms with Crippen LogP contribution >= 0.6 is 11.3 Å². The van der Waals surface area contributed by atoms with Crippen LogP contribution in [0.4, 0.5) is 5.69 Å². The number of sulfonamides is 1. The second kappa shape index (κ2) is 7.78. The van der Waals surface area contributed by atoms with E-state index in [1.165, 1.54) is 12.1 Å². The molecule has 1 amide bonds. The average molecular weight is 427 g/mol. The molecule has 4 rings (SSSR count). The second-order valence-corrected chi connectivity index (χ2v) is 8.92. The zero-order valence-electron chi connectivity index (χ0n) is 15.5. The third-order valence-corrected chi connectivity index (χ3v) is 6.59. The lowest BCUT2D eigenvalue weighted by atomic mass is 10.1. The number of hydrogen-bond donors (Lipinski definition) is 2. The monoisotopic (exact) mass is 426 g/mol. The third-order valence-electron chi connectivity index (χ3n) is 4.27. The molecule has 4 aromatic rings. The maximum absolute atomic E-state index is 12.5. The van der Waals surface area contributed by atoms with Gasteiger partial charge in [-0.25, -0.2) is 18.1 Å². The summed E-state index contributed by atoms with van der Waals surface area (Å²) in [5.41, 5.74) is 2.68. The zero-order valence-corrected chi connectivity index (χ0v) is 17.1. The Kier molecular flexibility index (Phi) is 5.18. The van der Waals surface area contributed by atoms with E-state index in [4.69, 9.17) is 0 Å². The van der Waals surface area contributed by atoms with E-state index >= 15 is 0 Å². The first-order valence-electron chi connectivity index (χ1n) is 8.90. The highest BCUT2D eigenvalue weighted by atomic mass is 32.2. The lowest BCUT2D eigenvalue weighted by Gasteiger charge is -2.08. The standard InChI is InChI=1S/C20H18N4O3S2/c1-2-21-29(26,27)17-5-3-4-15(12-17)19(25)22-16-8-6-14(7-9-16)18-13-24-10-11-28-20(24)23-18/h3-13,21H,2H2,1H3,(H,22,25). The summed E-state index contributed by atoms with van der Waals surface area (Å²) < 4.78 is 28.6. The number of imidazole rings is 1. The first-order valence-corrected chi connectivity index (χ1v) is 11.3. The van der Waals surface area contributed by atoms with Gasteiger partial charge in [-0.2, -0.15) is 0 Å². The third kappa shape index (κ3) is 4.07. The number of aromatic nitrogens is 2. The molecule has 2 N–H and O–H groups in total. The Balaban J connectivity index is 1.51. The molecule has 2 aromatic carbocycles. The summed E-state index contributed by atoms with van der Waals surface area (Å²) in [7, 11) is -3.62. The van der Waals surface area contributed by atoms with Gasteiger partial charge in [-0.1, -0.05) is 25.1 Å². The number of rotatable bonds is 6. The van der Waals surface area contributed by atoms with E-state index in [1.807, 2.05) is 34.3 Å². The van der Waals surface area contributed by atoms with Crippen molar-refractivity contribution in [3.05, 3.63) is 71.9 Å². The molecule has 0 spiro atoms. The van der Waals surface area contributed by atoms with Crippen LogP contribution in [0.2, 0.25) is 0 Å². The van der Waals surface area contributed by atoms with Gasteiger partial charge in [0.05, 0.1) is 10.6 Å². The molecule has 0 fully saturated rings. The Labute approximate surface area is 172 Å². The maximum Gasteiger partial charge on any atom is 0.255 e. The fraction of sp³-hybridized carbons (Fsp3) is 0.100. The molecule has 0 saturated carbocycles. The number of anilines is 1. The number of benzene rings is 2. The number of carbonyl (C=O) groups excluding carboxylic acids is 1. The number of hydrogen-bond acceptors (Lipinski definition) is 5. The van der Waals surface area contributed by atoms with Gasteiger partial charge < -0.3 is 5.32 Å². The van der Waals surface area contributed by atoms with Gasteiger partial charge in [-0.05, 0) is 30.3 Å². The van der Waals surface area contributed by atoms with Crippen LogP contribution in [0, 0.1) is 0 Å². The van der Waals surface area contributed by atoms with Crippen molar-refractivity contribution in [2.75, 3.05) is 11.9 Å². The van der Waals surface area contributed by atoms with Crippen LogP contribution < -0.4 is 10.0 Å². The zero-order chi connectivity index (χ0) is 20.4. The van der Waals surface area contributed by atoms with Crippen molar-refractivity contribution in [2.45, 2.75) is 11.8 Å². The van der Waals surface area contributed by atoms with E-state index in [9.17, 15) is 13.2 Å². The molecular formula is C20H18N4O3S2. The highest BCUT2D eigenvalue weighted by Crippen LogP contribution is 2.23. The molecule has 0 bridgehead atoms. The van der Waals surface area contributed by atoms with Gasteiger partial charge in [-0.15, -0.1) is 11.3 Å². The summed E-state index contributed by atoms with van der Waals surface area (Å²) >= 11 is 1.57. The van der Waals surface area contributed by atoms with Crippen molar-refractivity contribution in [1.29, 1.82) is 0 Å². The average Bonchev–Trinajstić information content (AvgIpc) is 3.31. The van der Waals surface area contributed by atoms with Crippen molar-refractivity contribution in [3.63, 3.8) is 0 Å². The second-order valence-electron chi connectivity index (χ2n) is 6.28. The van der Waals surface area contributed by atoms with E-state index < -0.39 is 10.0 Å². The number of fused-ring (bicyclic) bond motifs is 1. The molecule has 0 aliphatic heterocycles. The van der Waals surface area contributed by atoms with Crippen LogP contribution in [0.15, 0.2) is 71.2 Å². The Morgan fingerprint density at radius 2 is 1.97 bits per heavy atom. The van der Waals surface area contributed by atoms with E-state index in [-0.39, 0.29) is 22.9 Å².